The molecule has 2 aliphatic rings. The van der Waals surface area contributed by atoms with E-state index >= 15 is 0 Å². The number of nitrogens with one attached hydrogen (secondary N) is 1. The monoisotopic (exact) mass is 458 g/mol. The van der Waals surface area contributed by atoms with E-state index in [2.05, 4.69) is 83.4 Å². The van der Waals surface area contributed by atoms with Gasteiger partial charge in [-0.1, -0.05) is 30.3 Å². The molecule has 180 valence electrons. The van der Waals surface area contributed by atoms with Crippen LogP contribution in [0.1, 0.15) is 48.7 Å². The molecule has 34 heavy (non-hydrogen) atoms. The summed E-state index contributed by atoms with van der Waals surface area (Å²) in [5, 5.41) is 4.78. The third kappa shape index (κ3) is 4.91. The van der Waals surface area contributed by atoms with Gasteiger partial charge in [-0.3, -0.25) is 9.69 Å². The van der Waals surface area contributed by atoms with Crippen LogP contribution in [-0.2, 0) is 6.42 Å². The SMILES string of the molecule is CC(C)N1CCN(C(=O)c2ccc3c(ccn3C(Cc3ccccc3)C3CCCNC3)c2)CC1. The Morgan fingerprint density at radius 3 is 2.53 bits per heavy atom. The van der Waals surface area contributed by atoms with E-state index in [0.717, 1.165) is 56.6 Å². The molecule has 0 saturated carbocycles. The zero-order valence-electron chi connectivity index (χ0n) is 20.6. The van der Waals surface area contributed by atoms with Gasteiger partial charge in [-0.05, 0) is 81.9 Å². The fraction of sp³-hybridized carbons (Fsp3) is 0.483. The molecule has 2 atom stereocenters. The van der Waals surface area contributed by atoms with Crippen molar-refractivity contribution in [2.24, 2.45) is 5.92 Å². The summed E-state index contributed by atoms with van der Waals surface area (Å²) < 4.78 is 2.47. The molecule has 2 fully saturated rings. The number of amides is 1. The maximum Gasteiger partial charge on any atom is 0.253 e. The minimum atomic E-state index is 0.162. The van der Waals surface area contributed by atoms with Gasteiger partial charge in [-0.2, -0.15) is 0 Å². The quantitative estimate of drug-likeness (QED) is 0.587. The highest BCUT2D eigenvalue weighted by Gasteiger charge is 2.27. The number of benzene rings is 2. The molecule has 1 aromatic heterocycles. The van der Waals surface area contributed by atoms with E-state index in [0.29, 0.717) is 18.0 Å². The van der Waals surface area contributed by atoms with E-state index in [1.807, 2.05) is 11.0 Å². The Kier molecular flexibility index (Phi) is 7.02. The number of nitrogens with zero attached hydrogens (tertiary/aromatic N) is 3. The van der Waals surface area contributed by atoms with Gasteiger partial charge in [0, 0.05) is 60.9 Å². The van der Waals surface area contributed by atoms with Gasteiger partial charge in [-0.15, -0.1) is 0 Å². The molecule has 5 rings (SSSR count). The Balaban J connectivity index is 1.38. The minimum Gasteiger partial charge on any atom is -0.344 e. The lowest BCUT2D eigenvalue weighted by atomic mass is 9.87. The molecule has 5 heteroatoms. The molecule has 2 unspecified atom stereocenters. The molecule has 1 amide bonds. The van der Waals surface area contributed by atoms with Crippen molar-refractivity contribution in [1.29, 1.82) is 0 Å². The number of fused-ring (bicyclic) bond motifs is 1. The Labute approximate surface area is 203 Å². The summed E-state index contributed by atoms with van der Waals surface area (Å²) in [5.74, 6) is 0.762. The van der Waals surface area contributed by atoms with Crippen LogP contribution >= 0.6 is 0 Å². The molecule has 0 radical (unpaired) electrons. The van der Waals surface area contributed by atoms with E-state index in [4.69, 9.17) is 0 Å². The molecule has 0 spiro atoms. The summed E-state index contributed by atoms with van der Waals surface area (Å²) in [6.07, 6.45) is 5.75. The maximum absolute atomic E-state index is 13.2. The van der Waals surface area contributed by atoms with Gasteiger partial charge in [0.1, 0.15) is 0 Å². The smallest absolute Gasteiger partial charge is 0.253 e. The number of rotatable bonds is 6. The molecule has 0 aliphatic carbocycles. The van der Waals surface area contributed by atoms with E-state index in [9.17, 15) is 4.79 Å². The average molecular weight is 459 g/mol. The van der Waals surface area contributed by atoms with Crippen LogP contribution in [0.25, 0.3) is 10.9 Å². The van der Waals surface area contributed by atoms with Crippen molar-refractivity contribution < 1.29 is 4.79 Å². The normalized spacial score (nSPS) is 20.7. The van der Waals surface area contributed by atoms with Gasteiger partial charge in [0.25, 0.3) is 5.91 Å². The second-order valence-electron chi connectivity index (χ2n) is 10.3. The number of carbonyl (C=O) groups is 1. The zero-order chi connectivity index (χ0) is 23.5. The van der Waals surface area contributed by atoms with Crippen LogP contribution in [0.3, 0.4) is 0 Å². The van der Waals surface area contributed by atoms with E-state index in [1.165, 1.54) is 23.9 Å². The minimum absolute atomic E-state index is 0.162. The van der Waals surface area contributed by atoms with Gasteiger partial charge in [0.05, 0.1) is 0 Å². The number of hydrogen-bond donors (Lipinski definition) is 1. The molecule has 2 aliphatic heterocycles. The van der Waals surface area contributed by atoms with Crippen LogP contribution in [0.4, 0.5) is 0 Å². The number of aromatic nitrogens is 1. The van der Waals surface area contributed by atoms with Gasteiger partial charge in [0.15, 0.2) is 0 Å². The molecule has 3 heterocycles. The topological polar surface area (TPSA) is 40.5 Å². The first-order valence-corrected chi connectivity index (χ1v) is 13.0. The van der Waals surface area contributed by atoms with Gasteiger partial charge < -0.3 is 14.8 Å². The van der Waals surface area contributed by atoms with Crippen molar-refractivity contribution in [3.8, 4) is 0 Å². The fourth-order valence-electron chi connectivity index (χ4n) is 5.77. The number of piperazine rings is 1. The van der Waals surface area contributed by atoms with Crippen molar-refractivity contribution in [1.82, 2.24) is 19.7 Å². The highest BCUT2D eigenvalue weighted by Crippen LogP contribution is 2.32. The van der Waals surface area contributed by atoms with Gasteiger partial charge in [0.2, 0.25) is 0 Å². The Morgan fingerprint density at radius 2 is 1.82 bits per heavy atom. The summed E-state index contributed by atoms with van der Waals surface area (Å²) in [7, 11) is 0. The average Bonchev–Trinajstić information content (AvgIpc) is 3.31. The predicted molar refractivity (Wildman–Crippen MR) is 139 cm³/mol. The van der Waals surface area contributed by atoms with Crippen molar-refractivity contribution >= 4 is 16.8 Å². The third-order valence-electron chi connectivity index (χ3n) is 7.82. The van der Waals surface area contributed by atoms with Crippen molar-refractivity contribution in [2.45, 2.75) is 45.2 Å². The maximum atomic E-state index is 13.2. The van der Waals surface area contributed by atoms with Gasteiger partial charge in [-0.25, -0.2) is 0 Å². The summed E-state index contributed by atoms with van der Waals surface area (Å²) in [6, 6.07) is 20.3. The summed E-state index contributed by atoms with van der Waals surface area (Å²) in [6.45, 7) is 10.2. The summed E-state index contributed by atoms with van der Waals surface area (Å²) >= 11 is 0. The first-order valence-electron chi connectivity index (χ1n) is 13.0. The fourth-order valence-corrected chi connectivity index (χ4v) is 5.77. The first kappa shape index (κ1) is 23.1. The Bertz CT molecular complexity index is 1090. The molecule has 2 saturated heterocycles. The van der Waals surface area contributed by atoms with Crippen LogP contribution in [0.5, 0.6) is 0 Å². The number of hydrogen-bond acceptors (Lipinski definition) is 3. The molecular formula is C29H38N4O. The van der Waals surface area contributed by atoms with Crippen LogP contribution in [0.2, 0.25) is 0 Å². The van der Waals surface area contributed by atoms with Crippen LogP contribution in [0, 0.1) is 5.92 Å². The van der Waals surface area contributed by atoms with Gasteiger partial charge >= 0.3 is 0 Å². The Morgan fingerprint density at radius 1 is 1.03 bits per heavy atom. The highest BCUT2D eigenvalue weighted by molar-refractivity contribution is 5.98. The third-order valence-corrected chi connectivity index (χ3v) is 7.82. The number of carbonyl (C=O) groups excluding carboxylic acids is 1. The lowest BCUT2D eigenvalue weighted by Crippen LogP contribution is -2.50. The molecule has 5 nitrogen and oxygen atoms in total. The molecule has 3 aromatic rings. The lowest BCUT2D eigenvalue weighted by molar-refractivity contribution is 0.0595. The number of piperidine rings is 1. The van der Waals surface area contributed by atoms with Crippen molar-refractivity contribution in [3.63, 3.8) is 0 Å². The predicted octanol–water partition coefficient (Wildman–Crippen LogP) is 4.59. The standard InChI is InChI=1S/C29H38N4O/c1-22(2)31-15-17-32(18-16-31)29(34)25-10-11-27-24(20-25)12-14-33(27)28(26-9-6-13-30-21-26)19-23-7-4-3-5-8-23/h3-5,7-8,10-12,14,20,22,26,28,30H,6,9,13,15-19,21H2,1-2H3. The van der Waals surface area contributed by atoms with E-state index < -0.39 is 0 Å². The second kappa shape index (κ2) is 10.3. The second-order valence-corrected chi connectivity index (χ2v) is 10.3. The van der Waals surface area contributed by atoms with Crippen LogP contribution in [-0.4, -0.2) is 65.6 Å². The highest BCUT2D eigenvalue weighted by atomic mass is 16.2. The lowest BCUT2D eigenvalue weighted by Gasteiger charge is -2.37. The molecule has 0 bridgehead atoms. The summed E-state index contributed by atoms with van der Waals surface area (Å²) in [5.41, 5.74) is 3.42. The van der Waals surface area contributed by atoms with E-state index in [-0.39, 0.29) is 5.91 Å². The molecule has 1 N–H and O–H groups in total. The Hall–Kier alpha value is -2.63. The van der Waals surface area contributed by atoms with Crippen molar-refractivity contribution in [2.75, 3.05) is 39.3 Å². The van der Waals surface area contributed by atoms with E-state index in [1.54, 1.807) is 0 Å². The largest absolute Gasteiger partial charge is 0.344 e. The summed E-state index contributed by atoms with van der Waals surface area (Å²) in [4.78, 5) is 17.7. The molecule has 2 aromatic carbocycles. The van der Waals surface area contributed by atoms with Crippen LogP contribution in [0.15, 0.2) is 60.8 Å². The first-order chi connectivity index (χ1) is 16.6. The molecular weight excluding hydrogens is 420 g/mol. The van der Waals surface area contributed by atoms with Crippen molar-refractivity contribution in [3.05, 3.63) is 71.9 Å². The van der Waals surface area contributed by atoms with Crippen LogP contribution < -0.4 is 5.32 Å². The zero-order valence-corrected chi connectivity index (χ0v) is 20.6.